The number of nitrogens with one attached hydrogen (secondary N) is 2. The Labute approximate surface area is 221 Å². The minimum atomic E-state index is -4.44. The second-order valence-corrected chi connectivity index (χ2v) is 9.29. The van der Waals surface area contributed by atoms with Crippen LogP contribution in [0.4, 0.5) is 18.9 Å². The predicted molar refractivity (Wildman–Crippen MR) is 138 cm³/mol. The number of benzene rings is 3. The number of amides is 1. The van der Waals surface area contributed by atoms with Crippen LogP contribution in [-0.2, 0) is 11.0 Å². The zero-order chi connectivity index (χ0) is 27.6. The van der Waals surface area contributed by atoms with E-state index in [0.717, 1.165) is 43.6 Å². The highest BCUT2D eigenvalue weighted by Crippen LogP contribution is 2.31. The number of carboxylic acid groups (broad SMARTS) is 1. The van der Waals surface area contributed by atoms with Crippen LogP contribution < -0.4 is 10.6 Å². The lowest BCUT2D eigenvalue weighted by Crippen LogP contribution is -2.34. The van der Waals surface area contributed by atoms with E-state index in [1.165, 1.54) is 35.1 Å². The first-order valence-corrected chi connectivity index (χ1v) is 12.3. The zero-order valence-corrected chi connectivity index (χ0v) is 20.6. The van der Waals surface area contributed by atoms with Crippen LogP contribution in [0, 0.1) is 5.92 Å². The van der Waals surface area contributed by atoms with Crippen molar-refractivity contribution in [2.24, 2.45) is 5.92 Å². The number of hydrogen-bond donors (Lipinski definition) is 3. The van der Waals surface area contributed by atoms with E-state index >= 15 is 0 Å². The standard InChI is InChI=1S/C28H24F3N5O3/c29-28(30,31)22-5-1-18(2-6-22)25-16-36(35-34-25)24-14-20(13-21(15-24)27(38)39)17-3-7-23(8-4-17)33-26(37)19-9-11-32-12-10-19/h1-8,13-16,19,32H,9-12H2,(H,33,37)(H,38,39). The maximum absolute atomic E-state index is 12.9. The fraction of sp³-hybridized carbons (Fsp3) is 0.214. The van der Waals surface area contributed by atoms with E-state index in [1.807, 2.05) is 0 Å². The molecule has 0 radical (unpaired) electrons. The molecule has 0 atom stereocenters. The van der Waals surface area contributed by atoms with Crippen molar-refractivity contribution in [1.29, 1.82) is 0 Å². The molecular weight excluding hydrogens is 511 g/mol. The number of carbonyl (C=O) groups excluding carboxylic acids is 1. The molecule has 39 heavy (non-hydrogen) atoms. The molecule has 1 amide bonds. The number of halogens is 3. The summed E-state index contributed by atoms with van der Waals surface area (Å²) in [4.78, 5) is 24.4. The van der Waals surface area contributed by atoms with E-state index in [2.05, 4.69) is 20.9 Å². The molecule has 2 heterocycles. The molecule has 1 saturated heterocycles. The Morgan fingerprint density at radius 3 is 2.23 bits per heavy atom. The summed E-state index contributed by atoms with van der Waals surface area (Å²) in [5, 5.41) is 24.0. The van der Waals surface area contributed by atoms with Gasteiger partial charge in [-0.2, -0.15) is 13.2 Å². The molecule has 0 aliphatic carbocycles. The highest BCUT2D eigenvalue weighted by molar-refractivity contribution is 5.93. The molecular formula is C28H24F3N5O3. The quantitative estimate of drug-likeness (QED) is 0.311. The molecule has 1 fully saturated rings. The molecule has 8 nitrogen and oxygen atoms in total. The maximum atomic E-state index is 12.9. The predicted octanol–water partition coefficient (Wildman–Crippen LogP) is 5.26. The molecule has 0 unspecified atom stereocenters. The molecule has 200 valence electrons. The second-order valence-electron chi connectivity index (χ2n) is 9.29. The fourth-order valence-electron chi connectivity index (χ4n) is 4.46. The number of hydrogen-bond acceptors (Lipinski definition) is 5. The molecule has 1 aromatic heterocycles. The Kier molecular flexibility index (Phi) is 7.16. The van der Waals surface area contributed by atoms with Gasteiger partial charge in [-0.15, -0.1) is 5.10 Å². The lowest BCUT2D eigenvalue weighted by Gasteiger charge is -2.21. The van der Waals surface area contributed by atoms with E-state index in [1.54, 1.807) is 30.3 Å². The van der Waals surface area contributed by atoms with Crippen molar-refractivity contribution in [1.82, 2.24) is 20.3 Å². The van der Waals surface area contributed by atoms with Gasteiger partial charge in [0.05, 0.1) is 23.0 Å². The SMILES string of the molecule is O=C(O)c1cc(-c2ccc(NC(=O)C3CCNCC3)cc2)cc(-n2cc(-c3ccc(C(F)(F)F)cc3)nn2)c1. The number of nitrogens with zero attached hydrogens (tertiary/aromatic N) is 3. The van der Waals surface area contributed by atoms with Crippen LogP contribution in [0.15, 0.2) is 72.9 Å². The van der Waals surface area contributed by atoms with Gasteiger partial charge in [-0.3, -0.25) is 4.79 Å². The highest BCUT2D eigenvalue weighted by atomic mass is 19.4. The Balaban J connectivity index is 1.39. The molecule has 3 N–H and O–H groups in total. The minimum Gasteiger partial charge on any atom is -0.478 e. The van der Waals surface area contributed by atoms with Crippen molar-refractivity contribution in [3.8, 4) is 28.1 Å². The summed E-state index contributed by atoms with van der Waals surface area (Å²) in [6.07, 6.45) is -1.34. The lowest BCUT2D eigenvalue weighted by molar-refractivity contribution is -0.137. The number of aromatic nitrogens is 3. The third-order valence-electron chi connectivity index (χ3n) is 6.63. The topological polar surface area (TPSA) is 109 Å². The van der Waals surface area contributed by atoms with Gasteiger partial charge in [-0.25, -0.2) is 9.48 Å². The molecule has 1 aliphatic rings. The van der Waals surface area contributed by atoms with Gasteiger partial charge in [0, 0.05) is 17.2 Å². The summed E-state index contributed by atoms with van der Waals surface area (Å²) in [7, 11) is 0. The van der Waals surface area contributed by atoms with Crippen LogP contribution in [0.1, 0.15) is 28.8 Å². The van der Waals surface area contributed by atoms with Crippen LogP contribution in [0.2, 0.25) is 0 Å². The first-order valence-electron chi connectivity index (χ1n) is 12.3. The number of piperidine rings is 1. The van der Waals surface area contributed by atoms with Gasteiger partial charge in [0.15, 0.2) is 0 Å². The van der Waals surface area contributed by atoms with Crippen LogP contribution in [0.5, 0.6) is 0 Å². The fourth-order valence-corrected chi connectivity index (χ4v) is 4.46. The average molecular weight is 536 g/mol. The van der Waals surface area contributed by atoms with E-state index in [0.29, 0.717) is 28.2 Å². The summed E-state index contributed by atoms with van der Waals surface area (Å²) < 4.78 is 40.0. The largest absolute Gasteiger partial charge is 0.478 e. The summed E-state index contributed by atoms with van der Waals surface area (Å²) in [6, 6.07) is 16.4. The van der Waals surface area contributed by atoms with Gasteiger partial charge >= 0.3 is 12.1 Å². The monoisotopic (exact) mass is 535 g/mol. The normalized spacial score (nSPS) is 14.2. The Morgan fingerprint density at radius 2 is 1.59 bits per heavy atom. The molecule has 11 heteroatoms. The lowest BCUT2D eigenvalue weighted by atomic mass is 9.97. The Morgan fingerprint density at radius 1 is 0.923 bits per heavy atom. The van der Waals surface area contributed by atoms with E-state index < -0.39 is 17.7 Å². The molecule has 0 bridgehead atoms. The van der Waals surface area contributed by atoms with Crippen molar-refractivity contribution < 1.29 is 27.9 Å². The van der Waals surface area contributed by atoms with Gasteiger partial charge < -0.3 is 15.7 Å². The number of anilines is 1. The summed E-state index contributed by atoms with van der Waals surface area (Å²) in [6.45, 7) is 1.63. The third kappa shape index (κ3) is 5.99. The average Bonchev–Trinajstić information content (AvgIpc) is 3.44. The van der Waals surface area contributed by atoms with Crippen molar-refractivity contribution >= 4 is 17.6 Å². The smallest absolute Gasteiger partial charge is 0.416 e. The van der Waals surface area contributed by atoms with Gasteiger partial charge in [0.25, 0.3) is 0 Å². The third-order valence-corrected chi connectivity index (χ3v) is 6.63. The molecule has 0 spiro atoms. The van der Waals surface area contributed by atoms with Crippen LogP contribution in [0.25, 0.3) is 28.1 Å². The van der Waals surface area contributed by atoms with E-state index in [9.17, 15) is 27.9 Å². The van der Waals surface area contributed by atoms with Crippen LogP contribution in [-0.4, -0.2) is 45.1 Å². The first-order chi connectivity index (χ1) is 18.7. The number of carboxylic acids is 1. The van der Waals surface area contributed by atoms with Gasteiger partial charge in [-0.1, -0.05) is 29.5 Å². The maximum Gasteiger partial charge on any atom is 0.416 e. The van der Waals surface area contributed by atoms with Crippen molar-refractivity contribution in [3.63, 3.8) is 0 Å². The summed E-state index contributed by atoms with van der Waals surface area (Å²) in [5.74, 6) is -1.18. The first kappa shape index (κ1) is 26.1. The summed E-state index contributed by atoms with van der Waals surface area (Å²) in [5.41, 5.74) is 2.42. The van der Waals surface area contributed by atoms with Crippen LogP contribution >= 0.6 is 0 Å². The number of aromatic carboxylic acids is 1. The van der Waals surface area contributed by atoms with Crippen molar-refractivity contribution in [2.75, 3.05) is 18.4 Å². The Hall–Kier alpha value is -4.51. The molecule has 1 aliphatic heterocycles. The van der Waals surface area contributed by atoms with E-state index in [-0.39, 0.29) is 17.4 Å². The Bertz CT molecular complexity index is 1490. The molecule has 0 saturated carbocycles. The van der Waals surface area contributed by atoms with Gasteiger partial charge in [-0.05, 0) is 79.5 Å². The summed E-state index contributed by atoms with van der Waals surface area (Å²) >= 11 is 0. The van der Waals surface area contributed by atoms with Gasteiger partial charge in [0.2, 0.25) is 5.91 Å². The second kappa shape index (κ2) is 10.7. The minimum absolute atomic E-state index is 0.0190. The van der Waals surface area contributed by atoms with Crippen molar-refractivity contribution in [3.05, 3.63) is 84.1 Å². The molecule has 3 aromatic carbocycles. The van der Waals surface area contributed by atoms with Crippen molar-refractivity contribution in [2.45, 2.75) is 19.0 Å². The molecule has 4 aromatic rings. The van der Waals surface area contributed by atoms with Crippen LogP contribution in [0.3, 0.4) is 0 Å². The van der Waals surface area contributed by atoms with E-state index in [4.69, 9.17) is 0 Å². The zero-order valence-electron chi connectivity index (χ0n) is 20.6. The number of carbonyl (C=O) groups is 2. The highest BCUT2D eigenvalue weighted by Gasteiger charge is 2.30. The number of rotatable bonds is 6. The number of alkyl halides is 3. The van der Waals surface area contributed by atoms with Gasteiger partial charge in [0.1, 0.15) is 5.69 Å². The molecule has 5 rings (SSSR count).